The number of aryl methyl sites for hydroxylation is 2. The van der Waals surface area contributed by atoms with Crippen molar-refractivity contribution in [3.63, 3.8) is 0 Å². The highest BCUT2D eigenvalue weighted by atomic mass is 35.5. The van der Waals surface area contributed by atoms with E-state index in [-0.39, 0.29) is 21.5 Å². The van der Waals surface area contributed by atoms with Crippen molar-refractivity contribution in [1.82, 2.24) is 0 Å². The van der Waals surface area contributed by atoms with E-state index in [1.54, 1.807) is 12.1 Å². The molecule has 0 saturated heterocycles. The number of hydrogen-bond acceptors (Lipinski definition) is 4. The summed E-state index contributed by atoms with van der Waals surface area (Å²) >= 11 is 11.9. The predicted molar refractivity (Wildman–Crippen MR) is 105 cm³/mol. The van der Waals surface area contributed by atoms with Gasteiger partial charge in [-0.15, -0.1) is 0 Å². The predicted octanol–water partition coefficient (Wildman–Crippen LogP) is 4.88. The lowest BCUT2D eigenvalue weighted by molar-refractivity contribution is -0.115. The molecule has 0 saturated carbocycles. The van der Waals surface area contributed by atoms with Crippen LogP contribution in [0.5, 0.6) is 0 Å². The molecule has 0 bridgehead atoms. The minimum atomic E-state index is -0.534. The number of Topliss-reactive ketones (excluding diaryl/α,β-unsaturated/α-hetero) is 2. The van der Waals surface area contributed by atoms with Crippen molar-refractivity contribution in [3.05, 3.63) is 81.1 Å². The number of carbonyl (C=O) groups excluding carboxylic acids is 2. The van der Waals surface area contributed by atoms with Crippen LogP contribution in [0.2, 0.25) is 0 Å². The number of ketones is 2. The van der Waals surface area contributed by atoms with Crippen LogP contribution in [0.3, 0.4) is 0 Å². The van der Waals surface area contributed by atoms with Gasteiger partial charge >= 0.3 is 0 Å². The first-order valence-electron chi connectivity index (χ1n) is 7.93. The summed E-state index contributed by atoms with van der Waals surface area (Å²) in [5.74, 6) is -1.07. The van der Waals surface area contributed by atoms with Gasteiger partial charge in [-0.25, -0.2) is 0 Å². The van der Waals surface area contributed by atoms with Crippen molar-refractivity contribution in [3.8, 4) is 0 Å². The van der Waals surface area contributed by atoms with Crippen molar-refractivity contribution >= 4 is 46.1 Å². The molecule has 0 radical (unpaired) electrons. The van der Waals surface area contributed by atoms with Gasteiger partial charge in [-0.05, 0) is 49.2 Å². The Labute approximate surface area is 161 Å². The Morgan fingerprint density at radius 2 is 1.08 bits per heavy atom. The van der Waals surface area contributed by atoms with Crippen LogP contribution in [-0.2, 0) is 9.59 Å². The maximum Gasteiger partial charge on any atom is 0.224 e. The van der Waals surface area contributed by atoms with Crippen molar-refractivity contribution in [2.24, 2.45) is 0 Å². The lowest BCUT2D eigenvalue weighted by Gasteiger charge is -2.21. The molecule has 0 fully saturated rings. The highest BCUT2D eigenvalue weighted by molar-refractivity contribution is 6.59. The molecule has 0 unspecified atom stereocenters. The number of hydrogen-bond donors (Lipinski definition) is 2. The van der Waals surface area contributed by atoms with Crippen molar-refractivity contribution in [1.29, 1.82) is 0 Å². The van der Waals surface area contributed by atoms with E-state index in [4.69, 9.17) is 23.2 Å². The molecular formula is C20H16Cl2N2O2. The summed E-state index contributed by atoms with van der Waals surface area (Å²) in [5, 5.41) is 5.43. The molecule has 0 aliphatic heterocycles. The van der Waals surface area contributed by atoms with E-state index in [2.05, 4.69) is 10.6 Å². The summed E-state index contributed by atoms with van der Waals surface area (Å²) in [6.07, 6.45) is 0. The molecule has 2 N–H and O–H groups in total. The van der Waals surface area contributed by atoms with Crippen LogP contribution in [0.1, 0.15) is 11.1 Å². The third-order valence-electron chi connectivity index (χ3n) is 3.87. The van der Waals surface area contributed by atoms with Crippen LogP contribution in [-0.4, -0.2) is 11.6 Å². The number of allylic oxidation sites excluding steroid dienone is 2. The Bertz CT molecular complexity index is 900. The molecule has 132 valence electrons. The highest BCUT2D eigenvalue weighted by Gasteiger charge is 2.33. The zero-order chi connectivity index (χ0) is 18.8. The second kappa shape index (κ2) is 7.36. The van der Waals surface area contributed by atoms with Gasteiger partial charge in [-0.3, -0.25) is 9.59 Å². The summed E-state index contributed by atoms with van der Waals surface area (Å²) in [5.41, 5.74) is 3.50. The topological polar surface area (TPSA) is 58.2 Å². The fourth-order valence-electron chi connectivity index (χ4n) is 2.62. The van der Waals surface area contributed by atoms with E-state index < -0.39 is 11.6 Å². The second-order valence-electron chi connectivity index (χ2n) is 6.03. The molecule has 6 heteroatoms. The Kier molecular flexibility index (Phi) is 5.16. The van der Waals surface area contributed by atoms with E-state index in [1.807, 2.05) is 50.2 Å². The fourth-order valence-corrected chi connectivity index (χ4v) is 2.98. The summed E-state index contributed by atoms with van der Waals surface area (Å²) in [7, 11) is 0. The molecule has 3 rings (SSSR count). The van der Waals surface area contributed by atoms with Crippen LogP contribution in [0.15, 0.2) is 70.0 Å². The summed E-state index contributed by atoms with van der Waals surface area (Å²) in [4.78, 5) is 25.3. The molecule has 0 aromatic heterocycles. The standard InChI is InChI=1S/C20H16Cl2N2O2/c1-11-5-3-7-13(9-11)23-17-18(20(26)16(22)15(21)19(17)25)24-14-8-4-6-12(2)10-14/h3-10,23-24H,1-2H3. The maximum absolute atomic E-state index is 12.7. The highest BCUT2D eigenvalue weighted by Crippen LogP contribution is 2.31. The molecule has 26 heavy (non-hydrogen) atoms. The SMILES string of the molecule is Cc1cccc(NC2=C(Nc3cccc(C)c3)C(=O)C(Cl)=C(Cl)C2=O)c1. The summed E-state index contributed by atoms with van der Waals surface area (Å²) < 4.78 is 0. The van der Waals surface area contributed by atoms with Gasteiger partial charge in [-0.1, -0.05) is 47.5 Å². The summed E-state index contributed by atoms with van der Waals surface area (Å²) in [6.45, 7) is 3.87. The molecule has 1 aliphatic carbocycles. The quantitative estimate of drug-likeness (QED) is 0.735. The van der Waals surface area contributed by atoms with Gasteiger partial charge in [0.2, 0.25) is 11.6 Å². The van der Waals surface area contributed by atoms with Crippen molar-refractivity contribution in [2.75, 3.05) is 10.6 Å². The van der Waals surface area contributed by atoms with E-state index in [0.717, 1.165) is 11.1 Å². The third kappa shape index (κ3) is 3.66. The monoisotopic (exact) mass is 386 g/mol. The molecule has 0 amide bonds. The van der Waals surface area contributed by atoms with E-state index in [1.165, 1.54) is 0 Å². The maximum atomic E-state index is 12.7. The molecule has 2 aromatic rings. The molecule has 2 aromatic carbocycles. The van der Waals surface area contributed by atoms with Crippen LogP contribution in [0, 0.1) is 13.8 Å². The van der Waals surface area contributed by atoms with E-state index >= 15 is 0 Å². The van der Waals surface area contributed by atoms with Crippen LogP contribution in [0.4, 0.5) is 11.4 Å². The lowest BCUT2D eigenvalue weighted by atomic mass is 10.0. The molecule has 0 heterocycles. The van der Waals surface area contributed by atoms with Gasteiger partial charge in [0.1, 0.15) is 21.5 Å². The first kappa shape index (κ1) is 18.2. The first-order chi connectivity index (χ1) is 12.4. The van der Waals surface area contributed by atoms with E-state index in [9.17, 15) is 9.59 Å². The normalized spacial score (nSPS) is 14.8. The summed E-state index contributed by atoms with van der Waals surface area (Å²) in [6, 6.07) is 14.9. The first-order valence-corrected chi connectivity index (χ1v) is 8.68. The minimum absolute atomic E-state index is 0.0662. The number of nitrogens with one attached hydrogen (secondary N) is 2. The Morgan fingerprint density at radius 3 is 1.42 bits per heavy atom. The van der Waals surface area contributed by atoms with Crippen molar-refractivity contribution in [2.45, 2.75) is 13.8 Å². The molecule has 0 atom stereocenters. The molecule has 4 nitrogen and oxygen atoms in total. The molecular weight excluding hydrogens is 371 g/mol. The average molecular weight is 387 g/mol. The van der Waals surface area contributed by atoms with Crippen LogP contribution < -0.4 is 10.6 Å². The smallest absolute Gasteiger partial charge is 0.224 e. The second-order valence-corrected chi connectivity index (χ2v) is 6.78. The zero-order valence-electron chi connectivity index (χ0n) is 14.2. The van der Waals surface area contributed by atoms with Gasteiger partial charge < -0.3 is 10.6 Å². The van der Waals surface area contributed by atoms with E-state index in [0.29, 0.717) is 11.4 Å². The number of anilines is 2. The van der Waals surface area contributed by atoms with Gasteiger partial charge in [0.15, 0.2) is 0 Å². The molecule has 1 aliphatic rings. The Balaban J connectivity index is 2.06. The number of halogens is 2. The third-order valence-corrected chi connectivity index (χ3v) is 4.69. The Hall–Kier alpha value is -2.56. The fraction of sp³-hybridized carbons (Fsp3) is 0.100. The van der Waals surface area contributed by atoms with Gasteiger partial charge in [0.25, 0.3) is 0 Å². The lowest BCUT2D eigenvalue weighted by Crippen LogP contribution is -2.28. The Morgan fingerprint density at radius 1 is 0.692 bits per heavy atom. The van der Waals surface area contributed by atoms with Crippen LogP contribution >= 0.6 is 23.2 Å². The van der Waals surface area contributed by atoms with Gasteiger partial charge in [0.05, 0.1) is 0 Å². The average Bonchev–Trinajstić information content (AvgIpc) is 2.61. The number of rotatable bonds is 4. The molecule has 0 spiro atoms. The van der Waals surface area contributed by atoms with Gasteiger partial charge in [0, 0.05) is 11.4 Å². The largest absolute Gasteiger partial charge is 0.350 e. The van der Waals surface area contributed by atoms with Gasteiger partial charge in [-0.2, -0.15) is 0 Å². The van der Waals surface area contributed by atoms with Crippen molar-refractivity contribution < 1.29 is 9.59 Å². The number of carbonyl (C=O) groups is 2. The minimum Gasteiger partial charge on any atom is -0.350 e. The zero-order valence-corrected chi connectivity index (χ0v) is 15.7. The van der Waals surface area contributed by atoms with Crippen LogP contribution in [0.25, 0.3) is 0 Å². The number of benzene rings is 2.